The van der Waals surface area contributed by atoms with E-state index in [2.05, 4.69) is 35.5 Å². The third-order valence-electron chi connectivity index (χ3n) is 5.84. The third kappa shape index (κ3) is 3.15. The molecule has 27 heavy (non-hydrogen) atoms. The van der Waals surface area contributed by atoms with E-state index in [1.807, 2.05) is 11.8 Å². The maximum absolute atomic E-state index is 13.0. The Morgan fingerprint density at radius 2 is 2.04 bits per heavy atom. The van der Waals surface area contributed by atoms with Gasteiger partial charge < -0.3 is 10.2 Å². The average molecular weight is 369 g/mol. The van der Waals surface area contributed by atoms with E-state index in [4.69, 9.17) is 0 Å². The first-order chi connectivity index (χ1) is 13.0. The smallest absolute Gasteiger partial charge is 0.345 e. The lowest BCUT2D eigenvalue weighted by molar-refractivity contribution is -0.133. The number of aromatic nitrogens is 3. The minimum absolute atomic E-state index is 0.0609. The average Bonchev–Trinajstić information content (AvgIpc) is 3.22. The van der Waals surface area contributed by atoms with Crippen LogP contribution in [0.3, 0.4) is 0 Å². The summed E-state index contributed by atoms with van der Waals surface area (Å²) in [6, 6.07) is 6.13. The summed E-state index contributed by atoms with van der Waals surface area (Å²) in [5.41, 5.74) is 3.47. The van der Waals surface area contributed by atoms with Gasteiger partial charge >= 0.3 is 5.69 Å². The lowest BCUT2D eigenvalue weighted by Gasteiger charge is -2.33. The fourth-order valence-electron chi connectivity index (χ4n) is 4.34. The first-order valence-corrected chi connectivity index (χ1v) is 9.76. The number of aryl methyl sites for hydroxylation is 2. The van der Waals surface area contributed by atoms with Crippen LogP contribution in [-0.4, -0.2) is 44.3 Å². The Labute approximate surface area is 159 Å². The molecular formula is C20H27N5O2. The highest BCUT2D eigenvalue weighted by Gasteiger charge is 2.33. The molecule has 0 bridgehead atoms. The number of hydrogen-bond acceptors (Lipinski definition) is 4. The van der Waals surface area contributed by atoms with Crippen molar-refractivity contribution in [1.29, 1.82) is 0 Å². The van der Waals surface area contributed by atoms with Crippen LogP contribution in [0.25, 0.3) is 0 Å². The molecule has 1 amide bonds. The van der Waals surface area contributed by atoms with Crippen LogP contribution in [0.1, 0.15) is 42.6 Å². The predicted molar refractivity (Wildman–Crippen MR) is 104 cm³/mol. The fourth-order valence-corrected chi connectivity index (χ4v) is 4.34. The molecule has 7 heteroatoms. The molecule has 0 unspecified atom stereocenters. The number of benzene rings is 1. The molecule has 1 aromatic heterocycles. The largest absolute Gasteiger partial charge is 0.373 e. The van der Waals surface area contributed by atoms with Crippen LogP contribution in [0.15, 0.2) is 23.0 Å². The van der Waals surface area contributed by atoms with E-state index in [9.17, 15) is 9.59 Å². The molecule has 1 fully saturated rings. The quantitative estimate of drug-likeness (QED) is 0.893. The molecule has 2 aromatic rings. The van der Waals surface area contributed by atoms with Crippen LogP contribution in [0.5, 0.6) is 0 Å². The van der Waals surface area contributed by atoms with Crippen LogP contribution >= 0.6 is 0 Å². The Balaban J connectivity index is 1.41. The molecule has 2 aliphatic rings. The van der Waals surface area contributed by atoms with Gasteiger partial charge in [-0.25, -0.2) is 9.48 Å². The van der Waals surface area contributed by atoms with Gasteiger partial charge in [-0.2, -0.15) is 5.10 Å². The number of carbonyl (C=O) groups excluding carboxylic acids is 1. The van der Waals surface area contributed by atoms with Crippen LogP contribution < -0.4 is 11.0 Å². The van der Waals surface area contributed by atoms with Gasteiger partial charge in [0.15, 0.2) is 0 Å². The zero-order valence-corrected chi connectivity index (χ0v) is 16.2. The van der Waals surface area contributed by atoms with Gasteiger partial charge in [0.25, 0.3) is 0 Å². The highest BCUT2D eigenvalue weighted by Crippen LogP contribution is 2.30. The number of piperidine rings is 1. The zero-order valence-electron chi connectivity index (χ0n) is 16.2. The van der Waals surface area contributed by atoms with Crippen molar-refractivity contribution in [2.45, 2.75) is 51.6 Å². The number of rotatable bonds is 3. The van der Waals surface area contributed by atoms with Crippen LogP contribution in [0.2, 0.25) is 0 Å². The Bertz CT molecular complexity index is 921. The monoisotopic (exact) mass is 369 g/mol. The lowest BCUT2D eigenvalue weighted by atomic mass is 9.95. The number of hydrogen-bond donors (Lipinski definition) is 1. The number of nitrogens with zero attached hydrogens (tertiary/aromatic N) is 4. The van der Waals surface area contributed by atoms with Gasteiger partial charge in [-0.3, -0.25) is 9.36 Å². The van der Waals surface area contributed by atoms with Crippen molar-refractivity contribution in [3.63, 3.8) is 0 Å². The Kier molecular flexibility index (Phi) is 4.53. The summed E-state index contributed by atoms with van der Waals surface area (Å²) in [6.45, 7) is 6.10. The first-order valence-electron chi connectivity index (χ1n) is 9.76. The fraction of sp³-hybridized carbons (Fsp3) is 0.550. The summed E-state index contributed by atoms with van der Waals surface area (Å²) in [5.74, 6) is 1.27. The number of fused-ring (bicyclic) bond motifs is 1. The van der Waals surface area contributed by atoms with Gasteiger partial charge in [0.1, 0.15) is 11.9 Å². The second kappa shape index (κ2) is 6.87. The molecule has 0 aliphatic carbocycles. The molecule has 0 spiro atoms. The van der Waals surface area contributed by atoms with Gasteiger partial charge in [-0.05, 0) is 38.3 Å². The highest BCUT2D eigenvalue weighted by molar-refractivity contribution is 5.87. The number of amides is 1. The molecule has 0 saturated carbocycles. The maximum atomic E-state index is 13.0. The summed E-state index contributed by atoms with van der Waals surface area (Å²) in [6.07, 6.45) is 2.45. The van der Waals surface area contributed by atoms with Crippen LogP contribution in [0.4, 0.5) is 5.69 Å². The minimum atomic E-state index is -0.165. The van der Waals surface area contributed by atoms with E-state index in [0.29, 0.717) is 19.6 Å². The number of nitrogens with one attached hydrogen (secondary N) is 1. The van der Waals surface area contributed by atoms with Crippen molar-refractivity contribution < 1.29 is 4.79 Å². The number of anilines is 1. The first kappa shape index (κ1) is 17.8. The van der Waals surface area contributed by atoms with Crippen molar-refractivity contribution in [2.24, 2.45) is 7.05 Å². The highest BCUT2D eigenvalue weighted by atomic mass is 16.2. The summed E-state index contributed by atoms with van der Waals surface area (Å²) >= 11 is 0. The summed E-state index contributed by atoms with van der Waals surface area (Å²) in [7, 11) is 1.70. The molecule has 1 atom stereocenters. The molecule has 1 saturated heterocycles. The van der Waals surface area contributed by atoms with Crippen LogP contribution in [0, 0.1) is 6.92 Å². The second-order valence-corrected chi connectivity index (χ2v) is 7.67. The topological polar surface area (TPSA) is 72.2 Å². The van der Waals surface area contributed by atoms with Crippen LogP contribution in [-0.2, 0) is 24.8 Å². The minimum Gasteiger partial charge on any atom is -0.373 e. The van der Waals surface area contributed by atoms with E-state index in [0.717, 1.165) is 30.8 Å². The molecule has 4 rings (SSSR count). The van der Waals surface area contributed by atoms with Crippen molar-refractivity contribution in [3.05, 3.63) is 45.6 Å². The lowest BCUT2D eigenvalue weighted by Crippen LogP contribution is -2.45. The normalized spacial score (nSPS) is 19.8. The molecule has 0 radical (unpaired) electrons. The van der Waals surface area contributed by atoms with Gasteiger partial charge in [0, 0.05) is 44.7 Å². The maximum Gasteiger partial charge on any atom is 0.345 e. The summed E-state index contributed by atoms with van der Waals surface area (Å²) in [5, 5.41) is 7.82. The van der Waals surface area contributed by atoms with Crippen molar-refractivity contribution >= 4 is 11.6 Å². The zero-order chi connectivity index (χ0) is 19.1. The Hall–Kier alpha value is -2.57. The molecule has 144 valence electrons. The van der Waals surface area contributed by atoms with E-state index in [-0.39, 0.29) is 23.6 Å². The molecule has 1 aromatic carbocycles. The molecule has 7 nitrogen and oxygen atoms in total. The Morgan fingerprint density at radius 1 is 1.30 bits per heavy atom. The Morgan fingerprint density at radius 3 is 2.74 bits per heavy atom. The molecular weight excluding hydrogens is 342 g/mol. The van der Waals surface area contributed by atoms with Gasteiger partial charge in [-0.15, -0.1) is 0 Å². The van der Waals surface area contributed by atoms with E-state index in [1.165, 1.54) is 15.8 Å². The van der Waals surface area contributed by atoms with Crippen molar-refractivity contribution in [3.8, 4) is 0 Å². The number of likely N-dealkylation sites (tertiary alicyclic amines) is 1. The molecule has 1 N–H and O–H groups in total. The standard InChI is InChI=1S/C20H27N5O2/c1-4-25-18(22-23(3)20(25)27)14-7-9-24(10-8-14)19(26)17-12-15-11-13(2)5-6-16(15)21-17/h5-6,11,14,17,21H,4,7-10,12H2,1-3H3/t17-/m0/s1. The van der Waals surface area contributed by atoms with Gasteiger partial charge in [0.05, 0.1) is 0 Å². The molecule has 2 aliphatic heterocycles. The SMILES string of the molecule is CCn1c(C2CCN(C(=O)[C@@H]3Cc4cc(C)ccc4N3)CC2)nn(C)c1=O. The van der Waals surface area contributed by atoms with Crippen molar-refractivity contribution in [1.82, 2.24) is 19.2 Å². The third-order valence-corrected chi connectivity index (χ3v) is 5.84. The van der Waals surface area contributed by atoms with Crippen molar-refractivity contribution in [2.75, 3.05) is 18.4 Å². The summed E-state index contributed by atoms with van der Waals surface area (Å²) in [4.78, 5) is 27.1. The second-order valence-electron chi connectivity index (χ2n) is 7.67. The van der Waals surface area contributed by atoms with E-state index in [1.54, 1.807) is 11.6 Å². The number of carbonyl (C=O) groups is 1. The molecule has 3 heterocycles. The van der Waals surface area contributed by atoms with Gasteiger partial charge in [-0.1, -0.05) is 17.7 Å². The van der Waals surface area contributed by atoms with E-state index >= 15 is 0 Å². The van der Waals surface area contributed by atoms with E-state index < -0.39 is 0 Å². The van der Waals surface area contributed by atoms with Gasteiger partial charge in [0.2, 0.25) is 5.91 Å². The summed E-state index contributed by atoms with van der Waals surface area (Å²) < 4.78 is 3.16. The predicted octanol–water partition coefficient (Wildman–Crippen LogP) is 1.65.